The maximum Gasteiger partial charge on any atom is 0.248 e. The Morgan fingerprint density at radius 1 is 0.839 bits per heavy atom. The van der Waals surface area contributed by atoms with Gasteiger partial charge in [-0.15, -0.1) is 0 Å². The van der Waals surface area contributed by atoms with E-state index < -0.39 is 5.91 Å². The normalized spacial score (nSPS) is 11.3. The molecule has 3 aromatic carbocycles. The summed E-state index contributed by atoms with van der Waals surface area (Å²) in [4.78, 5) is 20.8. The van der Waals surface area contributed by atoms with Crippen molar-refractivity contribution < 1.29 is 4.79 Å². The molecule has 0 saturated heterocycles. The highest BCUT2D eigenvalue weighted by atomic mass is 35.5. The molecule has 31 heavy (non-hydrogen) atoms. The predicted octanol–water partition coefficient (Wildman–Crippen LogP) is 5.20. The Labute approximate surface area is 185 Å². The average Bonchev–Trinajstić information content (AvgIpc) is 2.80. The molecule has 0 atom stereocenters. The number of para-hydroxylation sites is 1. The number of amides is 1. The van der Waals surface area contributed by atoms with Crippen molar-refractivity contribution in [1.29, 1.82) is 0 Å². The molecule has 6 heteroatoms. The summed E-state index contributed by atoms with van der Waals surface area (Å²) in [5.74, 6) is -0.197. The Balaban J connectivity index is 1.88. The lowest BCUT2D eigenvalue weighted by molar-refractivity contribution is 0.100. The third-order valence-electron chi connectivity index (χ3n) is 4.80. The topological polar surface area (TPSA) is 94.4 Å². The Morgan fingerprint density at radius 2 is 1.61 bits per heavy atom. The van der Waals surface area contributed by atoms with Gasteiger partial charge in [0.15, 0.2) is 0 Å². The maximum atomic E-state index is 11.8. The van der Waals surface area contributed by atoms with E-state index in [9.17, 15) is 4.79 Å². The minimum atomic E-state index is -0.523. The number of pyridine rings is 1. The van der Waals surface area contributed by atoms with Gasteiger partial charge in [-0.05, 0) is 65.7 Å². The van der Waals surface area contributed by atoms with Crippen molar-refractivity contribution in [2.24, 2.45) is 16.5 Å². The maximum absolute atomic E-state index is 11.8. The predicted molar refractivity (Wildman–Crippen MR) is 125 cm³/mol. The number of nitrogens with two attached hydrogens (primary N) is 2. The number of benzene rings is 3. The number of rotatable bonds is 5. The lowest BCUT2D eigenvalue weighted by Crippen LogP contribution is -2.16. The van der Waals surface area contributed by atoms with Crippen LogP contribution in [0.2, 0.25) is 5.02 Å². The fraction of sp³-hybridized carbons (Fsp3) is 0. The van der Waals surface area contributed by atoms with Gasteiger partial charge in [0, 0.05) is 27.9 Å². The number of aromatic nitrogens is 1. The number of halogens is 1. The Bertz CT molecular complexity index is 1270. The summed E-state index contributed by atoms with van der Waals surface area (Å²) in [6.45, 7) is 0. The highest BCUT2D eigenvalue weighted by Crippen LogP contribution is 2.33. The Kier molecular flexibility index (Phi) is 5.78. The number of nitrogens with zero attached hydrogens (tertiary/aromatic N) is 2. The van der Waals surface area contributed by atoms with Crippen LogP contribution in [0.4, 0.5) is 5.69 Å². The largest absolute Gasteiger partial charge is 0.383 e. The van der Waals surface area contributed by atoms with Gasteiger partial charge in [0.25, 0.3) is 0 Å². The number of amidine groups is 1. The molecule has 0 saturated carbocycles. The van der Waals surface area contributed by atoms with E-state index in [0.717, 1.165) is 28.1 Å². The number of hydrogen-bond acceptors (Lipinski definition) is 3. The first-order chi connectivity index (χ1) is 15.0. The van der Waals surface area contributed by atoms with Crippen LogP contribution < -0.4 is 11.5 Å². The highest BCUT2D eigenvalue weighted by molar-refractivity contribution is 6.33. The van der Waals surface area contributed by atoms with E-state index in [0.29, 0.717) is 22.0 Å². The van der Waals surface area contributed by atoms with Crippen LogP contribution in [-0.2, 0) is 0 Å². The molecule has 1 amide bonds. The zero-order valence-corrected chi connectivity index (χ0v) is 17.3. The first kappa shape index (κ1) is 20.3. The van der Waals surface area contributed by atoms with Crippen molar-refractivity contribution in [2.75, 3.05) is 0 Å². The molecule has 0 fully saturated rings. The van der Waals surface area contributed by atoms with Crippen LogP contribution in [0.15, 0.2) is 96.1 Å². The van der Waals surface area contributed by atoms with Crippen molar-refractivity contribution in [1.82, 2.24) is 4.98 Å². The summed E-state index contributed by atoms with van der Waals surface area (Å²) >= 11 is 6.45. The van der Waals surface area contributed by atoms with Crippen LogP contribution in [0.3, 0.4) is 0 Å². The first-order valence-electron chi connectivity index (χ1n) is 9.57. The summed E-state index contributed by atoms with van der Waals surface area (Å²) in [5.41, 5.74) is 16.7. The van der Waals surface area contributed by atoms with Gasteiger partial charge in [-0.1, -0.05) is 41.9 Å². The second-order valence-corrected chi connectivity index (χ2v) is 7.27. The second kappa shape index (κ2) is 8.81. The molecule has 5 nitrogen and oxygen atoms in total. The summed E-state index contributed by atoms with van der Waals surface area (Å²) in [6, 6.07) is 25.8. The number of hydrogen-bond donors (Lipinski definition) is 2. The van der Waals surface area contributed by atoms with Crippen LogP contribution in [0.5, 0.6) is 0 Å². The van der Waals surface area contributed by atoms with E-state index in [1.54, 1.807) is 30.5 Å². The summed E-state index contributed by atoms with van der Waals surface area (Å²) in [5, 5.41) is 0.570. The van der Waals surface area contributed by atoms with E-state index in [1.807, 2.05) is 60.7 Å². The molecule has 0 spiro atoms. The van der Waals surface area contributed by atoms with Gasteiger partial charge in [0.05, 0.1) is 11.4 Å². The van der Waals surface area contributed by atoms with Crippen LogP contribution in [0, 0.1) is 0 Å². The molecule has 4 N–H and O–H groups in total. The fourth-order valence-corrected chi connectivity index (χ4v) is 3.49. The SMILES string of the molecule is NC(=O)c1ccc(C(N)=Nc2ccccc2)c(-c2ccc(Cl)c(-c3ccccn3)c2)c1. The molecular weight excluding hydrogens is 408 g/mol. The molecule has 152 valence electrons. The van der Waals surface area contributed by atoms with Gasteiger partial charge in [-0.25, -0.2) is 4.99 Å². The first-order valence-corrected chi connectivity index (χ1v) is 9.95. The fourth-order valence-electron chi connectivity index (χ4n) is 3.27. The van der Waals surface area contributed by atoms with Crippen molar-refractivity contribution in [3.8, 4) is 22.4 Å². The minimum Gasteiger partial charge on any atom is -0.383 e. The molecule has 0 unspecified atom stereocenters. The number of carbonyl (C=O) groups is 1. The quantitative estimate of drug-likeness (QED) is 0.339. The summed E-state index contributed by atoms with van der Waals surface area (Å²) in [7, 11) is 0. The molecular formula is C25H19ClN4O. The van der Waals surface area contributed by atoms with Gasteiger partial charge in [0.1, 0.15) is 5.84 Å². The molecule has 0 bridgehead atoms. The molecule has 0 aliphatic carbocycles. The lowest BCUT2D eigenvalue weighted by atomic mass is 9.94. The Morgan fingerprint density at radius 3 is 2.32 bits per heavy atom. The van der Waals surface area contributed by atoms with Crippen molar-refractivity contribution in [3.05, 3.63) is 107 Å². The van der Waals surface area contributed by atoms with Gasteiger partial charge >= 0.3 is 0 Å². The molecule has 0 aliphatic heterocycles. The van der Waals surface area contributed by atoms with E-state index in [2.05, 4.69) is 9.98 Å². The smallest absolute Gasteiger partial charge is 0.248 e. The Hall–Kier alpha value is -3.96. The minimum absolute atomic E-state index is 0.326. The monoisotopic (exact) mass is 426 g/mol. The van der Waals surface area contributed by atoms with Crippen LogP contribution in [0.1, 0.15) is 15.9 Å². The van der Waals surface area contributed by atoms with Crippen molar-refractivity contribution in [2.45, 2.75) is 0 Å². The average molecular weight is 427 g/mol. The molecule has 1 aromatic heterocycles. The van der Waals surface area contributed by atoms with Crippen LogP contribution in [-0.4, -0.2) is 16.7 Å². The molecule has 0 aliphatic rings. The standard InChI is InChI=1S/C25H19ClN4O/c26-22-12-10-16(14-21(22)23-8-4-5-13-29-23)20-15-17(25(28)31)9-11-19(20)24(27)30-18-6-2-1-3-7-18/h1-15H,(H2,27,30)(H2,28,31). The molecule has 4 rings (SSSR count). The van der Waals surface area contributed by atoms with Crippen LogP contribution >= 0.6 is 11.6 Å². The zero-order chi connectivity index (χ0) is 21.8. The summed E-state index contributed by atoms with van der Waals surface area (Å²) in [6.07, 6.45) is 1.71. The third kappa shape index (κ3) is 4.47. The summed E-state index contributed by atoms with van der Waals surface area (Å²) < 4.78 is 0. The number of aliphatic imine (C=N–C) groups is 1. The van der Waals surface area contributed by atoms with Gasteiger partial charge in [0.2, 0.25) is 5.91 Å². The van der Waals surface area contributed by atoms with Crippen molar-refractivity contribution >= 4 is 29.0 Å². The van der Waals surface area contributed by atoms with E-state index in [4.69, 9.17) is 23.1 Å². The third-order valence-corrected chi connectivity index (χ3v) is 5.13. The second-order valence-electron chi connectivity index (χ2n) is 6.87. The highest BCUT2D eigenvalue weighted by Gasteiger charge is 2.15. The molecule has 4 aromatic rings. The van der Waals surface area contributed by atoms with E-state index in [1.165, 1.54) is 0 Å². The molecule has 0 radical (unpaired) electrons. The zero-order valence-electron chi connectivity index (χ0n) is 16.5. The number of carbonyl (C=O) groups excluding carboxylic acids is 1. The van der Waals surface area contributed by atoms with Gasteiger partial charge in [-0.2, -0.15) is 0 Å². The van der Waals surface area contributed by atoms with Gasteiger partial charge in [-0.3, -0.25) is 9.78 Å². The van der Waals surface area contributed by atoms with E-state index in [-0.39, 0.29) is 0 Å². The van der Waals surface area contributed by atoms with Gasteiger partial charge < -0.3 is 11.5 Å². The molecule has 1 heterocycles. The number of primary amides is 1. The lowest BCUT2D eigenvalue weighted by Gasteiger charge is -2.13. The van der Waals surface area contributed by atoms with Crippen LogP contribution in [0.25, 0.3) is 22.4 Å². The van der Waals surface area contributed by atoms with E-state index >= 15 is 0 Å². The van der Waals surface area contributed by atoms with Crippen molar-refractivity contribution in [3.63, 3.8) is 0 Å².